The van der Waals surface area contributed by atoms with E-state index in [1.54, 1.807) is 78.9 Å². The van der Waals surface area contributed by atoms with Gasteiger partial charge in [0, 0.05) is 6.54 Å². The topological polar surface area (TPSA) is 72.5 Å². The van der Waals surface area contributed by atoms with E-state index in [1.165, 1.54) is 7.11 Å². The van der Waals surface area contributed by atoms with Crippen LogP contribution in [-0.4, -0.2) is 28.0 Å². The zero-order chi connectivity index (χ0) is 20.0. The molecule has 1 amide bonds. The Kier molecular flexibility index (Phi) is 6.11. The van der Waals surface area contributed by atoms with Gasteiger partial charge >= 0.3 is 0 Å². The third kappa shape index (κ3) is 4.23. The summed E-state index contributed by atoms with van der Waals surface area (Å²) in [7, 11) is -2.21. The molecule has 0 radical (unpaired) electrons. The van der Waals surface area contributed by atoms with Gasteiger partial charge in [0.25, 0.3) is 5.91 Å². The van der Waals surface area contributed by atoms with Gasteiger partial charge in [0.05, 0.1) is 17.6 Å². The van der Waals surface area contributed by atoms with Crippen molar-refractivity contribution < 1.29 is 17.9 Å². The fraction of sp³-hybridized carbons (Fsp3) is 0.136. The van der Waals surface area contributed by atoms with Crippen LogP contribution < -0.4 is 10.1 Å². The summed E-state index contributed by atoms with van der Waals surface area (Å²) in [6.45, 7) is -0.0574. The second-order valence-corrected chi connectivity index (χ2v) is 8.30. The van der Waals surface area contributed by atoms with Crippen LogP contribution in [0.1, 0.15) is 21.2 Å². The van der Waals surface area contributed by atoms with Gasteiger partial charge in [-0.1, -0.05) is 60.7 Å². The third-order valence-corrected chi connectivity index (χ3v) is 6.53. The Hall–Kier alpha value is -3.12. The number of ether oxygens (including phenoxy) is 1. The van der Waals surface area contributed by atoms with E-state index in [9.17, 15) is 13.2 Å². The van der Waals surface area contributed by atoms with Crippen LogP contribution in [0.4, 0.5) is 0 Å². The first-order valence-corrected chi connectivity index (χ1v) is 10.3. The highest BCUT2D eigenvalue weighted by Gasteiger charge is 2.29. The molecular weight excluding hydrogens is 374 g/mol. The van der Waals surface area contributed by atoms with Gasteiger partial charge in [-0.05, 0) is 29.8 Å². The van der Waals surface area contributed by atoms with E-state index in [0.717, 1.165) is 0 Å². The summed E-state index contributed by atoms with van der Waals surface area (Å²) in [4.78, 5) is 12.9. The minimum atomic E-state index is -3.69. The molecule has 1 N–H and O–H groups in total. The van der Waals surface area contributed by atoms with Gasteiger partial charge in [0.15, 0.2) is 9.84 Å². The summed E-state index contributed by atoms with van der Waals surface area (Å²) in [6, 6.07) is 24.0. The van der Waals surface area contributed by atoms with Crippen LogP contribution in [0.3, 0.4) is 0 Å². The third-order valence-electron chi connectivity index (χ3n) is 4.42. The van der Waals surface area contributed by atoms with Gasteiger partial charge in [-0.3, -0.25) is 4.79 Å². The molecule has 0 aliphatic rings. The van der Waals surface area contributed by atoms with E-state index < -0.39 is 15.1 Å². The molecule has 0 fully saturated rings. The molecule has 5 nitrogen and oxygen atoms in total. The van der Waals surface area contributed by atoms with Crippen molar-refractivity contribution in [3.63, 3.8) is 0 Å². The molecule has 3 rings (SSSR count). The predicted octanol–water partition coefficient (Wildman–Crippen LogP) is 3.64. The van der Waals surface area contributed by atoms with Crippen molar-refractivity contribution in [1.29, 1.82) is 0 Å². The maximum Gasteiger partial charge on any atom is 0.255 e. The molecule has 0 bridgehead atoms. The molecule has 28 heavy (non-hydrogen) atoms. The molecular formula is C22H21NO4S. The normalized spacial score (nSPS) is 12.2. The second-order valence-electron chi connectivity index (χ2n) is 6.17. The number of rotatable bonds is 7. The van der Waals surface area contributed by atoms with Gasteiger partial charge in [0.1, 0.15) is 11.0 Å². The molecule has 3 aromatic carbocycles. The standard InChI is InChI=1S/C22H21NO4S/c1-27-20-15-9-8-14-19(20)22(24)23-16-21(17-10-4-2-5-11-17)28(25,26)18-12-6-3-7-13-18/h2-15,21H,16H2,1H3,(H,23,24)/t21-/m0/s1. The molecule has 0 aromatic heterocycles. The Balaban J connectivity index is 1.90. The van der Waals surface area contributed by atoms with Crippen molar-refractivity contribution in [3.8, 4) is 5.75 Å². The van der Waals surface area contributed by atoms with Crippen LogP contribution >= 0.6 is 0 Å². The number of hydrogen-bond donors (Lipinski definition) is 1. The number of amides is 1. The molecule has 144 valence electrons. The van der Waals surface area contributed by atoms with Crippen LogP contribution in [-0.2, 0) is 9.84 Å². The Morgan fingerprint density at radius 1 is 0.893 bits per heavy atom. The first-order valence-electron chi connectivity index (χ1n) is 8.79. The summed E-state index contributed by atoms with van der Waals surface area (Å²) in [5.74, 6) is 0.0452. The van der Waals surface area contributed by atoms with Crippen LogP contribution in [0.25, 0.3) is 0 Å². The highest BCUT2D eigenvalue weighted by atomic mass is 32.2. The predicted molar refractivity (Wildman–Crippen MR) is 108 cm³/mol. The van der Waals surface area contributed by atoms with E-state index in [-0.39, 0.29) is 17.3 Å². The summed E-state index contributed by atoms with van der Waals surface area (Å²) in [6.07, 6.45) is 0. The van der Waals surface area contributed by atoms with Gasteiger partial charge in [-0.25, -0.2) is 8.42 Å². The van der Waals surface area contributed by atoms with Crippen molar-refractivity contribution >= 4 is 15.7 Å². The summed E-state index contributed by atoms with van der Waals surface area (Å²) >= 11 is 0. The Bertz CT molecular complexity index is 1030. The number of carbonyl (C=O) groups excluding carboxylic acids is 1. The zero-order valence-electron chi connectivity index (χ0n) is 15.4. The number of para-hydroxylation sites is 1. The molecule has 0 aliphatic heterocycles. The molecule has 1 atom stereocenters. The quantitative estimate of drug-likeness (QED) is 0.663. The Labute approximate surface area is 164 Å². The first-order chi connectivity index (χ1) is 13.5. The highest BCUT2D eigenvalue weighted by Crippen LogP contribution is 2.28. The van der Waals surface area contributed by atoms with Crippen LogP contribution in [0.2, 0.25) is 0 Å². The van der Waals surface area contributed by atoms with Crippen LogP contribution in [0.5, 0.6) is 5.75 Å². The number of methoxy groups -OCH3 is 1. The summed E-state index contributed by atoms with van der Waals surface area (Å²) in [5, 5.41) is 1.84. The molecule has 0 spiro atoms. The van der Waals surface area contributed by atoms with Crippen molar-refractivity contribution in [2.45, 2.75) is 10.1 Å². The molecule has 0 heterocycles. The molecule has 0 saturated heterocycles. The number of carbonyl (C=O) groups is 1. The summed E-state index contributed by atoms with van der Waals surface area (Å²) < 4.78 is 31.7. The van der Waals surface area contributed by atoms with E-state index in [4.69, 9.17) is 4.74 Å². The van der Waals surface area contributed by atoms with Gasteiger partial charge in [-0.15, -0.1) is 0 Å². The monoisotopic (exact) mass is 395 g/mol. The second kappa shape index (κ2) is 8.71. The number of nitrogens with one attached hydrogen (secondary N) is 1. The van der Waals surface area contributed by atoms with Crippen LogP contribution in [0.15, 0.2) is 89.8 Å². The number of sulfone groups is 1. The minimum Gasteiger partial charge on any atom is -0.496 e. The number of hydrogen-bond acceptors (Lipinski definition) is 4. The van der Waals surface area contributed by atoms with E-state index >= 15 is 0 Å². The van der Waals surface area contributed by atoms with E-state index in [1.807, 2.05) is 6.07 Å². The minimum absolute atomic E-state index is 0.0574. The van der Waals surface area contributed by atoms with E-state index in [0.29, 0.717) is 16.9 Å². The molecule has 3 aromatic rings. The average molecular weight is 395 g/mol. The summed E-state index contributed by atoms with van der Waals surface area (Å²) in [5.41, 5.74) is 0.973. The lowest BCUT2D eigenvalue weighted by Gasteiger charge is -2.19. The van der Waals surface area contributed by atoms with Gasteiger partial charge in [-0.2, -0.15) is 0 Å². The van der Waals surface area contributed by atoms with E-state index in [2.05, 4.69) is 5.32 Å². The fourth-order valence-electron chi connectivity index (χ4n) is 2.96. The van der Waals surface area contributed by atoms with Crippen molar-refractivity contribution in [2.24, 2.45) is 0 Å². The maximum absolute atomic E-state index is 13.2. The lowest BCUT2D eigenvalue weighted by atomic mass is 10.1. The van der Waals surface area contributed by atoms with Crippen molar-refractivity contribution in [1.82, 2.24) is 5.32 Å². The lowest BCUT2D eigenvalue weighted by Crippen LogP contribution is -2.32. The molecule has 0 unspecified atom stereocenters. The molecule has 0 aliphatic carbocycles. The Morgan fingerprint density at radius 2 is 1.46 bits per heavy atom. The molecule has 0 saturated carbocycles. The van der Waals surface area contributed by atoms with Gasteiger partial charge < -0.3 is 10.1 Å². The maximum atomic E-state index is 13.2. The number of benzene rings is 3. The van der Waals surface area contributed by atoms with Crippen molar-refractivity contribution in [2.75, 3.05) is 13.7 Å². The smallest absolute Gasteiger partial charge is 0.255 e. The van der Waals surface area contributed by atoms with Crippen LogP contribution in [0, 0.1) is 0 Å². The highest BCUT2D eigenvalue weighted by molar-refractivity contribution is 7.91. The lowest BCUT2D eigenvalue weighted by molar-refractivity contribution is 0.0950. The average Bonchev–Trinajstić information content (AvgIpc) is 2.75. The molecule has 6 heteroatoms. The first kappa shape index (κ1) is 19.6. The SMILES string of the molecule is COc1ccccc1C(=O)NC[C@@H](c1ccccc1)S(=O)(=O)c1ccccc1. The van der Waals surface area contributed by atoms with Gasteiger partial charge in [0.2, 0.25) is 0 Å². The largest absolute Gasteiger partial charge is 0.496 e. The zero-order valence-corrected chi connectivity index (χ0v) is 16.2. The Morgan fingerprint density at radius 3 is 2.11 bits per heavy atom. The fourth-order valence-corrected chi connectivity index (χ4v) is 4.64. The van der Waals surface area contributed by atoms with Crippen molar-refractivity contribution in [3.05, 3.63) is 96.1 Å².